The lowest BCUT2D eigenvalue weighted by molar-refractivity contribution is 0.0202. The van der Waals surface area contributed by atoms with Crippen LogP contribution in [0.5, 0.6) is 11.5 Å². The van der Waals surface area contributed by atoms with Gasteiger partial charge in [-0.3, -0.25) is 9.69 Å². The molecule has 0 aliphatic carbocycles. The summed E-state index contributed by atoms with van der Waals surface area (Å²) in [7, 11) is 0. The molecular formula is C27H26ClNO3S. The number of aromatic hydroxyl groups is 1. The minimum absolute atomic E-state index is 0. The van der Waals surface area contributed by atoms with E-state index < -0.39 is 0 Å². The van der Waals surface area contributed by atoms with Crippen molar-refractivity contribution >= 4 is 39.6 Å². The van der Waals surface area contributed by atoms with Crippen LogP contribution < -0.4 is 4.74 Å². The number of carbonyl (C=O) groups excluding carboxylic acids is 1. The van der Waals surface area contributed by atoms with Crippen LogP contribution in [-0.2, 0) is 0 Å². The van der Waals surface area contributed by atoms with Crippen molar-refractivity contribution in [3.8, 4) is 21.9 Å². The van der Waals surface area contributed by atoms with Gasteiger partial charge in [0.15, 0.2) is 5.78 Å². The normalized spacial score (nSPS) is 14.0. The molecule has 0 saturated carbocycles. The van der Waals surface area contributed by atoms with E-state index in [0.717, 1.165) is 52.3 Å². The first-order valence-corrected chi connectivity index (χ1v) is 11.8. The fraction of sp³-hybridized carbons (Fsp3) is 0.222. The van der Waals surface area contributed by atoms with Gasteiger partial charge in [-0.15, -0.1) is 23.7 Å². The van der Waals surface area contributed by atoms with Crippen molar-refractivity contribution in [2.24, 2.45) is 0 Å². The van der Waals surface area contributed by atoms with E-state index in [4.69, 9.17) is 4.74 Å². The molecule has 1 fully saturated rings. The molecule has 4 nitrogen and oxygen atoms in total. The number of hydrogen-bond donors (Lipinski definition) is 1. The molecule has 0 bridgehead atoms. The zero-order valence-corrected chi connectivity index (χ0v) is 20.0. The molecule has 170 valence electrons. The number of nitrogens with zero attached hydrogens (tertiary/aromatic N) is 1. The Morgan fingerprint density at radius 1 is 1.06 bits per heavy atom. The summed E-state index contributed by atoms with van der Waals surface area (Å²) in [6.45, 7) is 5.22. The second-order valence-electron chi connectivity index (χ2n) is 8.21. The zero-order valence-electron chi connectivity index (χ0n) is 18.4. The Balaban J connectivity index is 0.00000259. The molecule has 0 unspecified atom stereocenters. The number of fused-ring (bicyclic) bond motifs is 1. The number of ether oxygens (including phenoxy) is 1. The van der Waals surface area contributed by atoms with Gasteiger partial charge >= 0.3 is 0 Å². The summed E-state index contributed by atoms with van der Waals surface area (Å²) in [5.41, 5.74) is 2.31. The van der Waals surface area contributed by atoms with E-state index in [2.05, 4.69) is 11.8 Å². The van der Waals surface area contributed by atoms with Crippen LogP contribution in [0, 0.1) is 0 Å². The summed E-state index contributed by atoms with van der Waals surface area (Å²) in [5, 5.41) is 10.8. The first-order valence-electron chi connectivity index (χ1n) is 11.0. The molecule has 6 heteroatoms. The van der Waals surface area contributed by atoms with Gasteiger partial charge in [0.05, 0.1) is 0 Å². The highest BCUT2D eigenvalue weighted by Crippen LogP contribution is 2.41. The summed E-state index contributed by atoms with van der Waals surface area (Å²) in [6.07, 6.45) is 1.38. The number of phenols is 1. The van der Waals surface area contributed by atoms with E-state index in [1.807, 2.05) is 60.7 Å². The summed E-state index contributed by atoms with van der Waals surface area (Å²) in [5.74, 6) is 0.976. The van der Waals surface area contributed by atoms with Crippen LogP contribution in [0.15, 0.2) is 72.8 Å². The summed E-state index contributed by atoms with van der Waals surface area (Å²) in [6, 6.07) is 22.6. The van der Waals surface area contributed by atoms with E-state index >= 15 is 0 Å². The number of rotatable bonds is 7. The van der Waals surface area contributed by atoms with Gasteiger partial charge in [-0.05, 0) is 61.0 Å². The fourth-order valence-electron chi connectivity index (χ4n) is 4.22. The smallest absolute Gasteiger partial charge is 0.195 e. The average Bonchev–Trinajstić information content (AvgIpc) is 3.17. The lowest BCUT2D eigenvalue weighted by Crippen LogP contribution is -2.53. The van der Waals surface area contributed by atoms with Gasteiger partial charge in [-0.2, -0.15) is 0 Å². The number of thiophene rings is 1. The Hall–Kier alpha value is -2.86. The minimum Gasteiger partial charge on any atom is -0.508 e. The second-order valence-corrected chi connectivity index (χ2v) is 9.26. The van der Waals surface area contributed by atoms with Crippen molar-refractivity contribution in [3.05, 3.63) is 83.9 Å². The summed E-state index contributed by atoms with van der Waals surface area (Å²) >= 11 is 1.53. The molecule has 1 aliphatic rings. The van der Waals surface area contributed by atoms with Crippen LogP contribution >= 0.6 is 23.7 Å². The lowest BCUT2D eigenvalue weighted by atomic mass is 9.97. The maximum atomic E-state index is 13.6. The SMILES string of the molecule is CCCN1CC(Oc2ccc(C(=O)c3c(-c4ccccc4)sc4cc(O)ccc34)cc2)C1.Cl. The van der Waals surface area contributed by atoms with E-state index in [0.29, 0.717) is 11.1 Å². The Labute approximate surface area is 203 Å². The van der Waals surface area contributed by atoms with Crippen LogP contribution in [0.4, 0.5) is 0 Å². The Kier molecular flexibility index (Phi) is 7.03. The molecule has 1 saturated heterocycles. The standard InChI is InChI=1S/C27H25NO3S.ClH/c1-2-14-28-16-22(17-28)31-21-11-8-18(9-12-21)26(30)25-23-13-10-20(29)15-24(23)32-27(25)19-6-4-3-5-7-19;/h3-13,15,22,29H,2,14,16-17H2,1H3;1H. The number of hydrogen-bond acceptors (Lipinski definition) is 5. The topological polar surface area (TPSA) is 49.8 Å². The van der Waals surface area contributed by atoms with E-state index in [9.17, 15) is 9.90 Å². The molecule has 0 amide bonds. The largest absolute Gasteiger partial charge is 0.508 e. The van der Waals surface area contributed by atoms with Crippen molar-refractivity contribution < 1.29 is 14.6 Å². The summed E-state index contributed by atoms with van der Waals surface area (Å²) < 4.78 is 6.95. The van der Waals surface area contributed by atoms with Crippen molar-refractivity contribution in [2.45, 2.75) is 19.4 Å². The molecule has 5 rings (SSSR count). The Morgan fingerprint density at radius 2 is 1.79 bits per heavy atom. The lowest BCUT2D eigenvalue weighted by Gasteiger charge is -2.38. The van der Waals surface area contributed by atoms with Gasteiger partial charge in [-0.25, -0.2) is 0 Å². The third-order valence-corrected chi connectivity index (χ3v) is 7.02. The number of likely N-dealkylation sites (tertiary alicyclic amines) is 1. The predicted molar refractivity (Wildman–Crippen MR) is 137 cm³/mol. The van der Waals surface area contributed by atoms with Crippen molar-refractivity contribution in [3.63, 3.8) is 0 Å². The van der Waals surface area contributed by atoms with Crippen molar-refractivity contribution in [1.29, 1.82) is 0 Å². The zero-order chi connectivity index (χ0) is 22.1. The van der Waals surface area contributed by atoms with Crippen LogP contribution in [-0.4, -0.2) is 41.5 Å². The third kappa shape index (κ3) is 4.76. The van der Waals surface area contributed by atoms with Crippen LogP contribution in [0.2, 0.25) is 0 Å². The average molecular weight is 480 g/mol. The Morgan fingerprint density at radius 3 is 2.48 bits per heavy atom. The highest BCUT2D eigenvalue weighted by Gasteiger charge is 2.27. The molecule has 3 aromatic carbocycles. The minimum atomic E-state index is -0.0230. The van der Waals surface area contributed by atoms with Gasteiger partial charge in [0.1, 0.15) is 17.6 Å². The molecule has 4 aromatic rings. The van der Waals surface area contributed by atoms with E-state index in [1.54, 1.807) is 12.1 Å². The van der Waals surface area contributed by atoms with Gasteiger partial charge in [-0.1, -0.05) is 37.3 Å². The third-order valence-electron chi connectivity index (χ3n) is 5.82. The highest BCUT2D eigenvalue weighted by atomic mass is 35.5. The number of benzene rings is 3. The molecule has 0 radical (unpaired) electrons. The van der Waals surface area contributed by atoms with Crippen LogP contribution in [0.3, 0.4) is 0 Å². The summed E-state index contributed by atoms with van der Waals surface area (Å²) in [4.78, 5) is 16.9. The molecule has 33 heavy (non-hydrogen) atoms. The van der Waals surface area contributed by atoms with Gasteiger partial charge < -0.3 is 9.84 Å². The molecule has 1 aliphatic heterocycles. The van der Waals surface area contributed by atoms with E-state index in [1.165, 1.54) is 11.3 Å². The molecule has 1 aromatic heterocycles. The number of ketones is 1. The molecular weight excluding hydrogens is 454 g/mol. The van der Waals surface area contributed by atoms with Crippen LogP contribution in [0.25, 0.3) is 20.5 Å². The first kappa shape index (κ1) is 23.3. The van der Waals surface area contributed by atoms with Crippen LogP contribution in [0.1, 0.15) is 29.3 Å². The molecule has 1 N–H and O–H groups in total. The second kappa shape index (κ2) is 9.96. The fourth-order valence-corrected chi connectivity index (χ4v) is 5.46. The molecule has 0 spiro atoms. The van der Waals surface area contributed by atoms with E-state index in [-0.39, 0.29) is 30.0 Å². The molecule has 2 heterocycles. The maximum Gasteiger partial charge on any atom is 0.195 e. The van der Waals surface area contributed by atoms with Gasteiger partial charge in [0.25, 0.3) is 0 Å². The van der Waals surface area contributed by atoms with Crippen molar-refractivity contribution in [2.75, 3.05) is 19.6 Å². The highest BCUT2D eigenvalue weighted by molar-refractivity contribution is 7.22. The quantitative estimate of drug-likeness (QED) is 0.311. The predicted octanol–water partition coefficient (Wildman–Crippen LogP) is 6.40. The first-order chi connectivity index (χ1) is 15.6. The molecule has 0 atom stereocenters. The number of carbonyl (C=O) groups is 1. The number of phenolic OH excluding ortho intramolecular Hbond substituents is 1. The maximum absolute atomic E-state index is 13.6. The van der Waals surface area contributed by atoms with Gasteiger partial charge in [0.2, 0.25) is 0 Å². The number of halogens is 1. The van der Waals surface area contributed by atoms with Crippen molar-refractivity contribution in [1.82, 2.24) is 4.90 Å². The monoisotopic (exact) mass is 479 g/mol. The Bertz CT molecular complexity index is 1250. The van der Waals surface area contributed by atoms with Gasteiger partial charge in [0, 0.05) is 39.2 Å².